The molecule has 2 rings (SSSR count). The average Bonchev–Trinajstić information content (AvgIpc) is 2.87. The van der Waals surface area contributed by atoms with Crippen molar-refractivity contribution in [3.05, 3.63) is 35.5 Å². The first-order valence-electron chi connectivity index (χ1n) is 5.47. The minimum atomic E-state index is -4.76. The number of nitrogens with zero attached hydrogens (tertiary/aromatic N) is 3. The summed E-state index contributed by atoms with van der Waals surface area (Å²) in [5.74, 6) is -2.71. The Morgan fingerprint density at radius 2 is 2.00 bits per heavy atom. The second kappa shape index (κ2) is 5.03. The minimum absolute atomic E-state index is 0.170. The van der Waals surface area contributed by atoms with Crippen LogP contribution in [0, 0.1) is 5.82 Å². The number of benzene rings is 1. The number of aromatic nitrogens is 2. The van der Waals surface area contributed by atoms with E-state index in [0.29, 0.717) is 11.3 Å². The van der Waals surface area contributed by atoms with Gasteiger partial charge in [-0.15, -0.1) is 0 Å². The molecule has 20 heavy (non-hydrogen) atoms. The molecular formula is C12H9F4N3O. The van der Waals surface area contributed by atoms with Crippen molar-refractivity contribution >= 4 is 5.71 Å². The van der Waals surface area contributed by atoms with Gasteiger partial charge in [-0.3, -0.25) is 4.99 Å². The van der Waals surface area contributed by atoms with Crippen molar-refractivity contribution in [1.82, 2.24) is 10.1 Å². The Morgan fingerprint density at radius 1 is 1.30 bits per heavy atom. The maximum atomic E-state index is 13.9. The molecule has 0 aliphatic rings. The zero-order chi connectivity index (χ0) is 14.9. The molecule has 0 radical (unpaired) electrons. The molecule has 4 nitrogen and oxygen atoms in total. The molecule has 8 heteroatoms. The minimum Gasteiger partial charge on any atom is -0.329 e. The Kier molecular flexibility index (Phi) is 3.56. The van der Waals surface area contributed by atoms with Crippen LogP contribution < -0.4 is 0 Å². The first kappa shape index (κ1) is 14.2. The Balaban J connectivity index is 2.41. The fourth-order valence-electron chi connectivity index (χ4n) is 1.50. The van der Waals surface area contributed by atoms with E-state index in [9.17, 15) is 17.6 Å². The highest BCUT2D eigenvalue weighted by atomic mass is 19.4. The monoisotopic (exact) mass is 287 g/mol. The standard InChI is InChI=1S/C12H9F4N3O/c1-6(17-2)7-3-4-8(9(13)5-7)10-18-11(20-19-10)12(14,15)16/h3-5H,1-2H3. The Bertz CT molecular complexity index is 661. The summed E-state index contributed by atoms with van der Waals surface area (Å²) in [5.41, 5.74) is 0.949. The van der Waals surface area contributed by atoms with Gasteiger partial charge < -0.3 is 4.52 Å². The van der Waals surface area contributed by atoms with Gasteiger partial charge in [0.15, 0.2) is 0 Å². The topological polar surface area (TPSA) is 51.3 Å². The predicted octanol–water partition coefficient (Wildman–Crippen LogP) is 3.33. The van der Waals surface area contributed by atoms with Crippen LogP contribution in [0.1, 0.15) is 18.4 Å². The van der Waals surface area contributed by atoms with Crippen LogP contribution in [0.25, 0.3) is 11.4 Å². The van der Waals surface area contributed by atoms with Gasteiger partial charge in [-0.1, -0.05) is 11.2 Å². The fourth-order valence-corrected chi connectivity index (χ4v) is 1.50. The van der Waals surface area contributed by atoms with Crippen molar-refractivity contribution in [3.8, 4) is 11.4 Å². The predicted molar refractivity (Wildman–Crippen MR) is 62.8 cm³/mol. The van der Waals surface area contributed by atoms with Crippen molar-refractivity contribution in [1.29, 1.82) is 0 Å². The lowest BCUT2D eigenvalue weighted by Crippen LogP contribution is -2.05. The van der Waals surface area contributed by atoms with Crippen LogP contribution in [-0.2, 0) is 6.18 Å². The summed E-state index contributed by atoms with van der Waals surface area (Å²) >= 11 is 0. The Morgan fingerprint density at radius 3 is 2.50 bits per heavy atom. The lowest BCUT2D eigenvalue weighted by molar-refractivity contribution is -0.159. The zero-order valence-corrected chi connectivity index (χ0v) is 10.5. The maximum absolute atomic E-state index is 13.9. The third kappa shape index (κ3) is 2.68. The molecule has 0 aliphatic heterocycles. The van der Waals surface area contributed by atoms with E-state index in [4.69, 9.17) is 0 Å². The highest BCUT2D eigenvalue weighted by molar-refractivity contribution is 5.98. The molecule has 0 spiro atoms. The highest BCUT2D eigenvalue weighted by Crippen LogP contribution is 2.30. The average molecular weight is 287 g/mol. The van der Waals surface area contributed by atoms with Crippen LogP contribution in [0.4, 0.5) is 17.6 Å². The van der Waals surface area contributed by atoms with Crippen LogP contribution >= 0.6 is 0 Å². The number of hydrogen-bond donors (Lipinski definition) is 0. The van der Waals surface area contributed by atoms with Gasteiger partial charge in [0.2, 0.25) is 5.82 Å². The molecule has 0 saturated heterocycles. The van der Waals surface area contributed by atoms with E-state index in [1.807, 2.05) is 0 Å². The van der Waals surface area contributed by atoms with Crippen molar-refractivity contribution in [3.63, 3.8) is 0 Å². The first-order chi connectivity index (χ1) is 9.32. The van der Waals surface area contributed by atoms with E-state index >= 15 is 0 Å². The maximum Gasteiger partial charge on any atom is 0.471 e. The van der Waals surface area contributed by atoms with Gasteiger partial charge in [-0.25, -0.2) is 4.39 Å². The van der Waals surface area contributed by atoms with Gasteiger partial charge in [0, 0.05) is 12.8 Å². The molecule has 0 amide bonds. The summed E-state index contributed by atoms with van der Waals surface area (Å²) in [6.45, 7) is 1.69. The van der Waals surface area contributed by atoms with Crippen LogP contribution in [-0.4, -0.2) is 22.9 Å². The van der Waals surface area contributed by atoms with Crippen LogP contribution in [0.5, 0.6) is 0 Å². The van der Waals surface area contributed by atoms with E-state index in [2.05, 4.69) is 19.7 Å². The summed E-state index contributed by atoms with van der Waals surface area (Å²) < 4.78 is 54.9. The summed E-state index contributed by atoms with van der Waals surface area (Å²) in [6, 6.07) is 3.95. The Labute approximate surface area is 111 Å². The largest absolute Gasteiger partial charge is 0.471 e. The molecule has 0 fully saturated rings. The third-order valence-corrected chi connectivity index (χ3v) is 2.63. The van der Waals surface area contributed by atoms with Gasteiger partial charge in [0.25, 0.3) is 0 Å². The molecule has 1 aromatic heterocycles. The number of rotatable bonds is 2. The zero-order valence-electron chi connectivity index (χ0n) is 10.5. The molecule has 1 aromatic carbocycles. The molecule has 0 bridgehead atoms. The molecule has 0 aliphatic carbocycles. The number of alkyl halides is 3. The summed E-state index contributed by atoms with van der Waals surface area (Å²) in [5, 5.41) is 3.13. The smallest absolute Gasteiger partial charge is 0.329 e. The van der Waals surface area contributed by atoms with E-state index in [1.54, 1.807) is 14.0 Å². The van der Waals surface area contributed by atoms with Gasteiger partial charge in [-0.2, -0.15) is 18.2 Å². The second-order valence-electron chi connectivity index (χ2n) is 3.92. The lowest BCUT2D eigenvalue weighted by atomic mass is 10.1. The van der Waals surface area contributed by atoms with Crippen LogP contribution in [0.15, 0.2) is 27.7 Å². The van der Waals surface area contributed by atoms with E-state index < -0.39 is 23.7 Å². The lowest BCUT2D eigenvalue weighted by Gasteiger charge is -2.02. The summed E-state index contributed by atoms with van der Waals surface area (Å²) in [4.78, 5) is 7.02. The van der Waals surface area contributed by atoms with Gasteiger partial charge in [-0.05, 0) is 24.6 Å². The number of hydrogen-bond acceptors (Lipinski definition) is 4. The number of halogens is 4. The van der Waals surface area contributed by atoms with Crippen molar-refractivity contribution in [2.75, 3.05) is 7.05 Å². The molecule has 0 saturated carbocycles. The van der Waals surface area contributed by atoms with Gasteiger partial charge >= 0.3 is 12.1 Å². The Hall–Kier alpha value is -2.25. The normalized spacial score (nSPS) is 12.8. The van der Waals surface area contributed by atoms with E-state index in [-0.39, 0.29) is 5.56 Å². The van der Waals surface area contributed by atoms with Gasteiger partial charge in [0.1, 0.15) is 5.82 Å². The highest BCUT2D eigenvalue weighted by Gasteiger charge is 2.38. The van der Waals surface area contributed by atoms with Crippen molar-refractivity contribution < 1.29 is 22.1 Å². The van der Waals surface area contributed by atoms with Crippen molar-refractivity contribution in [2.24, 2.45) is 4.99 Å². The van der Waals surface area contributed by atoms with Gasteiger partial charge in [0.05, 0.1) is 5.56 Å². The fraction of sp³-hybridized carbons (Fsp3) is 0.250. The summed E-state index contributed by atoms with van der Waals surface area (Å²) in [7, 11) is 1.55. The molecule has 0 unspecified atom stereocenters. The molecule has 0 atom stereocenters. The molecule has 0 N–H and O–H groups in total. The van der Waals surface area contributed by atoms with E-state index in [1.165, 1.54) is 12.1 Å². The molecule has 106 valence electrons. The first-order valence-corrected chi connectivity index (χ1v) is 5.47. The third-order valence-electron chi connectivity index (χ3n) is 2.63. The summed E-state index contributed by atoms with van der Waals surface area (Å²) in [6.07, 6.45) is -4.76. The molecule has 1 heterocycles. The molecule has 2 aromatic rings. The second-order valence-corrected chi connectivity index (χ2v) is 3.92. The molecular weight excluding hydrogens is 278 g/mol. The van der Waals surface area contributed by atoms with Crippen molar-refractivity contribution in [2.45, 2.75) is 13.1 Å². The van der Waals surface area contributed by atoms with Crippen LogP contribution in [0.3, 0.4) is 0 Å². The van der Waals surface area contributed by atoms with E-state index in [0.717, 1.165) is 6.07 Å². The van der Waals surface area contributed by atoms with Crippen LogP contribution in [0.2, 0.25) is 0 Å². The SMILES string of the molecule is CN=C(C)c1ccc(-c2noc(C(F)(F)F)n2)c(F)c1. The number of aliphatic imine (C=N–C) groups is 1. The quantitative estimate of drug-likeness (QED) is 0.629.